The third-order valence-corrected chi connectivity index (χ3v) is 8.92. The van der Waals surface area contributed by atoms with Gasteiger partial charge < -0.3 is 40.2 Å². The Balaban J connectivity index is 0.000000221. The van der Waals surface area contributed by atoms with Crippen LogP contribution in [-0.2, 0) is 38.1 Å². The molecule has 2 saturated heterocycles. The molecule has 6 rings (SSSR count). The minimum absolute atomic E-state index is 0.0340. The first-order valence-electron chi connectivity index (χ1n) is 18.8. The Morgan fingerprint density at radius 3 is 1.56 bits per heavy atom. The highest BCUT2D eigenvalue weighted by Crippen LogP contribution is 2.32. The summed E-state index contributed by atoms with van der Waals surface area (Å²) in [6.07, 6.45) is 0.281. The topological polar surface area (TPSA) is 283 Å². The van der Waals surface area contributed by atoms with Gasteiger partial charge in [0.15, 0.2) is 0 Å². The summed E-state index contributed by atoms with van der Waals surface area (Å²) in [7, 11) is 0. The molecular weight excluding hydrogens is 783 g/mol. The molecule has 8 amide bonds. The van der Waals surface area contributed by atoms with Crippen LogP contribution in [-0.4, -0.2) is 159 Å². The molecule has 4 heterocycles. The van der Waals surface area contributed by atoms with Crippen LogP contribution in [0.15, 0.2) is 36.4 Å². The van der Waals surface area contributed by atoms with Gasteiger partial charge in [0, 0.05) is 31.6 Å². The molecule has 0 radical (unpaired) electrons. The molecule has 20 nitrogen and oxygen atoms in total. The van der Waals surface area contributed by atoms with Crippen LogP contribution in [0.2, 0.25) is 0 Å². The van der Waals surface area contributed by atoms with Crippen molar-refractivity contribution < 1.29 is 71.9 Å². The minimum atomic E-state index is -1.07. The number of amides is 8. The van der Waals surface area contributed by atoms with Gasteiger partial charge in [0.2, 0.25) is 23.6 Å². The smallest absolute Gasteiger partial charge is 0.265 e. The van der Waals surface area contributed by atoms with Crippen molar-refractivity contribution in [2.75, 3.05) is 84.5 Å². The third-order valence-electron chi connectivity index (χ3n) is 8.92. The van der Waals surface area contributed by atoms with Crippen molar-refractivity contribution in [1.82, 2.24) is 20.4 Å². The fourth-order valence-electron chi connectivity index (χ4n) is 6.25. The van der Waals surface area contributed by atoms with Crippen LogP contribution in [0, 0.1) is 5.82 Å². The number of anilines is 1. The second kappa shape index (κ2) is 23.1. The number of carbonyl (C=O) groups is 8. The van der Waals surface area contributed by atoms with Crippen molar-refractivity contribution in [3.05, 3.63) is 64.5 Å². The second-order valence-corrected chi connectivity index (χ2v) is 12.9. The van der Waals surface area contributed by atoms with Gasteiger partial charge in [0.05, 0.1) is 88.3 Å². The summed E-state index contributed by atoms with van der Waals surface area (Å²) in [6, 6.07) is 6.57. The van der Waals surface area contributed by atoms with E-state index in [1.165, 1.54) is 12.1 Å². The molecule has 0 bridgehead atoms. The molecular formula is C38H47FN6O14. The number of hydrogen-bond donors (Lipinski definition) is 6. The number of piperidine rings is 2. The van der Waals surface area contributed by atoms with Crippen molar-refractivity contribution in [2.45, 2.75) is 37.8 Å². The van der Waals surface area contributed by atoms with Crippen molar-refractivity contribution in [2.24, 2.45) is 5.73 Å². The van der Waals surface area contributed by atoms with E-state index in [1.54, 1.807) is 18.2 Å². The average Bonchev–Trinajstić information content (AvgIpc) is 3.62. The molecule has 0 aliphatic carbocycles. The zero-order valence-corrected chi connectivity index (χ0v) is 32.1. The van der Waals surface area contributed by atoms with Gasteiger partial charge in [-0.15, -0.1) is 0 Å². The molecule has 0 aromatic heterocycles. The van der Waals surface area contributed by atoms with Crippen LogP contribution >= 0.6 is 0 Å². The number of halogens is 1. The molecule has 2 aromatic rings. The van der Waals surface area contributed by atoms with Crippen molar-refractivity contribution in [3.8, 4) is 0 Å². The number of fused-ring (bicyclic) bond motifs is 2. The maximum Gasteiger partial charge on any atom is 0.265 e. The van der Waals surface area contributed by atoms with Crippen LogP contribution < -0.4 is 21.7 Å². The quantitative estimate of drug-likeness (QED) is 0.0754. The van der Waals surface area contributed by atoms with Crippen molar-refractivity contribution in [3.63, 3.8) is 0 Å². The number of ether oxygens (including phenoxy) is 4. The number of aliphatic hydroxyl groups excluding tert-OH is 2. The highest BCUT2D eigenvalue weighted by molar-refractivity contribution is 6.26. The van der Waals surface area contributed by atoms with Crippen LogP contribution in [0.25, 0.3) is 0 Å². The zero-order valence-electron chi connectivity index (χ0n) is 32.1. The molecule has 2 unspecified atom stereocenters. The molecule has 59 heavy (non-hydrogen) atoms. The molecule has 4 aliphatic rings. The monoisotopic (exact) mass is 830 g/mol. The van der Waals surface area contributed by atoms with Gasteiger partial charge in [0.1, 0.15) is 17.9 Å². The summed E-state index contributed by atoms with van der Waals surface area (Å²) in [5.74, 6) is -5.65. The predicted octanol–water partition coefficient (Wildman–Crippen LogP) is -1.28. The van der Waals surface area contributed by atoms with Gasteiger partial charge in [-0.1, -0.05) is 12.1 Å². The van der Waals surface area contributed by atoms with Gasteiger partial charge in [-0.05, 0) is 37.1 Å². The molecule has 2 atom stereocenters. The SMILES string of the molecule is NCCOCCOCCO.O=C1CCC(N2C(=O)c3cccc(F)c3C2=O)C(=O)N1.O=C1CCC(N2C(=O)c3cccc(NCCOCCOCCO)c3C2=O)C(=O)N1. The number of nitrogens with zero attached hydrogens (tertiary/aromatic N) is 2. The number of nitrogens with one attached hydrogen (secondary N) is 3. The van der Waals surface area contributed by atoms with E-state index in [9.17, 15) is 42.7 Å². The van der Waals surface area contributed by atoms with Gasteiger partial charge in [-0.2, -0.15) is 0 Å². The highest BCUT2D eigenvalue weighted by atomic mass is 19.1. The molecule has 0 saturated carbocycles. The number of rotatable bonds is 18. The van der Waals surface area contributed by atoms with Crippen LogP contribution in [0.5, 0.6) is 0 Å². The fraction of sp³-hybridized carbons (Fsp3) is 0.474. The summed E-state index contributed by atoms with van der Waals surface area (Å²) in [4.78, 5) is 98.0. The van der Waals surface area contributed by atoms with Crippen molar-refractivity contribution in [1.29, 1.82) is 0 Å². The lowest BCUT2D eigenvalue weighted by Gasteiger charge is -2.27. The second-order valence-electron chi connectivity index (χ2n) is 12.9. The number of aliphatic hydroxyl groups is 2. The first-order chi connectivity index (χ1) is 28.5. The Bertz CT molecular complexity index is 1870. The Morgan fingerprint density at radius 1 is 0.627 bits per heavy atom. The third kappa shape index (κ3) is 12.0. The number of benzene rings is 2. The highest BCUT2D eigenvalue weighted by Gasteiger charge is 2.47. The molecule has 7 N–H and O–H groups in total. The Kier molecular flexibility index (Phi) is 18.1. The summed E-state index contributed by atoms with van der Waals surface area (Å²) >= 11 is 0. The van der Waals surface area contributed by atoms with Crippen LogP contribution in [0.1, 0.15) is 67.1 Å². The van der Waals surface area contributed by atoms with Gasteiger partial charge >= 0.3 is 0 Å². The van der Waals surface area contributed by atoms with Gasteiger partial charge in [0.25, 0.3) is 23.6 Å². The van der Waals surface area contributed by atoms with Crippen LogP contribution in [0.4, 0.5) is 10.1 Å². The minimum Gasteiger partial charge on any atom is -0.394 e. The normalized spacial score (nSPS) is 18.4. The number of imide groups is 4. The zero-order chi connectivity index (χ0) is 42.9. The van der Waals surface area contributed by atoms with E-state index in [0.717, 1.165) is 15.9 Å². The first-order valence-corrected chi connectivity index (χ1v) is 18.8. The molecule has 21 heteroatoms. The maximum absolute atomic E-state index is 13.7. The van der Waals surface area contributed by atoms with Gasteiger partial charge in [-0.3, -0.25) is 58.8 Å². The van der Waals surface area contributed by atoms with Gasteiger partial charge in [-0.25, -0.2) is 4.39 Å². The van der Waals surface area contributed by atoms with E-state index in [2.05, 4.69) is 16.0 Å². The maximum atomic E-state index is 13.7. The van der Waals surface area contributed by atoms with E-state index in [-0.39, 0.29) is 67.8 Å². The summed E-state index contributed by atoms with van der Waals surface area (Å²) < 4.78 is 34.0. The largest absolute Gasteiger partial charge is 0.394 e. The van der Waals surface area contributed by atoms with E-state index < -0.39 is 65.2 Å². The van der Waals surface area contributed by atoms with E-state index in [0.29, 0.717) is 65.0 Å². The van der Waals surface area contributed by atoms with E-state index in [4.69, 9.17) is 34.9 Å². The van der Waals surface area contributed by atoms with E-state index >= 15 is 0 Å². The van der Waals surface area contributed by atoms with Crippen LogP contribution in [0.3, 0.4) is 0 Å². The first kappa shape index (κ1) is 46.1. The Morgan fingerprint density at radius 2 is 1.08 bits per heavy atom. The molecule has 4 aliphatic heterocycles. The van der Waals surface area contributed by atoms with Crippen molar-refractivity contribution >= 4 is 52.9 Å². The summed E-state index contributed by atoms with van der Waals surface area (Å²) in [5.41, 5.74) is 5.71. The summed E-state index contributed by atoms with van der Waals surface area (Å²) in [5, 5.41) is 24.2. The Labute approximate surface area is 337 Å². The number of hydrogen-bond acceptors (Lipinski definition) is 16. The molecule has 320 valence electrons. The molecule has 2 aromatic carbocycles. The summed E-state index contributed by atoms with van der Waals surface area (Å²) in [6.45, 7) is 4.36. The van der Waals surface area contributed by atoms with E-state index in [1.807, 2.05) is 0 Å². The lowest BCUT2D eigenvalue weighted by atomic mass is 10.0. The number of carbonyl (C=O) groups excluding carboxylic acids is 8. The molecule has 0 spiro atoms. The molecule has 2 fully saturated rings. The predicted molar refractivity (Wildman–Crippen MR) is 201 cm³/mol. The number of nitrogens with two attached hydrogens (primary N) is 1. The lowest BCUT2D eigenvalue weighted by molar-refractivity contribution is -0.137. The average molecular weight is 831 g/mol. The lowest BCUT2D eigenvalue weighted by Crippen LogP contribution is -2.54. The standard InChI is InChI=1S/C19H23N3O7.C13H9FN2O4.C6H15NO3/c23-7-9-29-11-10-28-8-6-20-13-3-1-2-12-16(13)19(27)22(18(12)26)14-4-5-15(24)21-17(14)25;14-7-3-1-2-6-10(7)13(20)16(12(6)19)8-4-5-9(17)15-11(8)18;7-1-3-9-5-6-10-4-2-8/h1-3,14,20,23H,4-11H2,(H,21,24,25);1-3,8H,4-5H2,(H,15,17,18);8H,1-7H2. The Hall–Kier alpha value is -5.55. The fourth-order valence-corrected chi connectivity index (χ4v) is 6.25.